The Balaban J connectivity index is 2.22. The van der Waals surface area contributed by atoms with Crippen molar-refractivity contribution in [1.82, 2.24) is 24.7 Å². The van der Waals surface area contributed by atoms with E-state index in [4.69, 9.17) is 5.73 Å². The van der Waals surface area contributed by atoms with E-state index in [2.05, 4.69) is 20.0 Å². The van der Waals surface area contributed by atoms with Crippen LogP contribution in [0.15, 0.2) is 23.5 Å². The zero-order valence-corrected chi connectivity index (χ0v) is 12.2. The first-order valence-corrected chi connectivity index (χ1v) is 7.76. The molecule has 1 atom stereocenters. The molecule has 1 unspecified atom stereocenters. The third-order valence-electron chi connectivity index (χ3n) is 2.85. The highest BCUT2D eigenvalue weighted by molar-refractivity contribution is 7.89. The lowest BCUT2D eigenvalue weighted by atomic mass is 10.2. The van der Waals surface area contributed by atoms with Gasteiger partial charge >= 0.3 is 0 Å². The summed E-state index contributed by atoms with van der Waals surface area (Å²) in [6.07, 6.45) is 5.50. The molecule has 0 saturated carbocycles. The van der Waals surface area contributed by atoms with Crippen molar-refractivity contribution >= 4 is 15.8 Å². The molecule has 0 spiro atoms. The number of hydrogen-bond donors (Lipinski definition) is 3. The van der Waals surface area contributed by atoms with Crippen molar-refractivity contribution in [2.75, 3.05) is 5.73 Å². The van der Waals surface area contributed by atoms with Gasteiger partial charge in [0.2, 0.25) is 10.0 Å². The quantitative estimate of drug-likeness (QED) is 0.723. The van der Waals surface area contributed by atoms with E-state index < -0.39 is 16.1 Å². The minimum atomic E-state index is -3.71. The predicted octanol–water partition coefficient (Wildman–Crippen LogP) is 0.638. The highest BCUT2D eigenvalue weighted by atomic mass is 32.2. The number of nitrogen functional groups attached to an aromatic ring is 1. The fraction of sp³-hybridized carbons (Fsp3) is 0.455. The van der Waals surface area contributed by atoms with Gasteiger partial charge in [0.15, 0.2) is 5.82 Å². The molecule has 0 aliphatic carbocycles. The van der Waals surface area contributed by atoms with Gasteiger partial charge in [-0.3, -0.25) is 9.78 Å². The Bertz CT molecular complexity index is 661. The first-order valence-electron chi connectivity index (χ1n) is 6.28. The second kappa shape index (κ2) is 5.63. The summed E-state index contributed by atoms with van der Waals surface area (Å²) in [6.45, 7) is 4.33. The Kier molecular flexibility index (Phi) is 4.09. The number of aryl methyl sites for hydroxylation is 1. The lowest BCUT2D eigenvalue weighted by Gasteiger charge is -2.11. The Hall–Kier alpha value is -1.87. The Morgan fingerprint density at radius 3 is 2.90 bits per heavy atom. The van der Waals surface area contributed by atoms with E-state index in [0.29, 0.717) is 6.54 Å². The van der Waals surface area contributed by atoms with Crippen molar-refractivity contribution in [1.29, 1.82) is 0 Å². The highest BCUT2D eigenvalue weighted by Gasteiger charge is 2.24. The summed E-state index contributed by atoms with van der Waals surface area (Å²) in [6, 6.07) is -0.410. The first-order chi connectivity index (χ1) is 9.44. The molecule has 9 heteroatoms. The molecule has 8 nitrogen and oxygen atoms in total. The maximum atomic E-state index is 12.3. The number of sulfonamides is 1. The largest absolute Gasteiger partial charge is 0.381 e. The number of nitrogens with two attached hydrogens (primary N) is 1. The van der Waals surface area contributed by atoms with Crippen LogP contribution in [0, 0.1) is 0 Å². The average molecular weight is 298 g/mol. The van der Waals surface area contributed by atoms with Crippen molar-refractivity contribution in [3.63, 3.8) is 0 Å². The summed E-state index contributed by atoms with van der Waals surface area (Å²) in [7, 11) is -3.71. The van der Waals surface area contributed by atoms with Crippen molar-refractivity contribution in [3.05, 3.63) is 24.2 Å². The maximum absolute atomic E-state index is 12.3. The average Bonchev–Trinajstić information content (AvgIpc) is 2.98. The van der Waals surface area contributed by atoms with Gasteiger partial charge in [0, 0.05) is 30.5 Å². The number of anilines is 1. The van der Waals surface area contributed by atoms with Gasteiger partial charge in [-0.05, 0) is 13.3 Å². The number of hydrogen-bond acceptors (Lipinski definition) is 5. The summed E-state index contributed by atoms with van der Waals surface area (Å²) in [5, 5.41) is 10.4. The van der Waals surface area contributed by atoms with Crippen LogP contribution in [0.25, 0.3) is 0 Å². The van der Waals surface area contributed by atoms with Gasteiger partial charge in [0.05, 0.1) is 6.20 Å². The van der Waals surface area contributed by atoms with Gasteiger partial charge in [0.1, 0.15) is 4.90 Å². The molecule has 20 heavy (non-hydrogen) atoms. The van der Waals surface area contributed by atoms with Crippen LogP contribution < -0.4 is 10.5 Å². The SMILES string of the molecule is CCCn1cc(S(=O)(=O)NC(C)c2cn[nH]c2)c(N)n1. The van der Waals surface area contributed by atoms with Crippen LogP contribution in [0.2, 0.25) is 0 Å². The van der Waals surface area contributed by atoms with Crippen LogP contribution in [0.4, 0.5) is 5.82 Å². The fourth-order valence-corrected chi connectivity index (χ4v) is 3.14. The van der Waals surface area contributed by atoms with Crippen molar-refractivity contribution in [3.8, 4) is 0 Å². The van der Waals surface area contributed by atoms with Crippen molar-refractivity contribution in [2.45, 2.75) is 37.8 Å². The molecule has 4 N–H and O–H groups in total. The summed E-state index contributed by atoms with van der Waals surface area (Å²) in [5.74, 6) is 0.00495. The lowest BCUT2D eigenvalue weighted by Crippen LogP contribution is -2.27. The molecule has 0 aromatic carbocycles. The van der Waals surface area contributed by atoms with Gasteiger partial charge < -0.3 is 5.73 Å². The maximum Gasteiger partial charge on any atom is 0.246 e. The first kappa shape index (κ1) is 14.5. The molecule has 0 aliphatic rings. The second-order valence-corrected chi connectivity index (χ2v) is 6.20. The molecule has 110 valence electrons. The summed E-state index contributed by atoms with van der Waals surface area (Å²) in [5.41, 5.74) is 6.43. The van der Waals surface area contributed by atoms with E-state index in [9.17, 15) is 8.42 Å². The van der Waals surface area contributed by atoms with E-state index in [1.165, 1.54) is 10.9 Å². The smallest absolute Gasteiger partial charge is 0.246 e. The van der Waals surface area contributed by atoms with Crippen molar-refractivity contribution in [2.24, 2.45) is 0 Å². The fourth-order valence-electron chi connectivity index (χ4n) is 1.83. The molecule has 2 aromatic rings. The minimum absolute atomic E-state index is 0.00120. The molecule has 2 rings (SSSR count). The monoisotopic (exact) mass is 298 g/mol. The summed E-state index contributed by atoms with van der Waals surface area (Å²) >= 11 is 0. The zero-order chi connectivity index (χ0) is 14.8. The third kappa shape index (κ3) is 2.99. The Morgan fingerprint density at radius 2 is 2.30 bits per heavy atom. The van der Waals surface area contributed by atoms with Gasteiger partial charge in [-0.15, -0.1) is 0 Å². The molecule has 2 aromatic heterocycles. The number of nitrogens with zero attached hydrogens (tertiary/aromatic N) is 3. The van der Waals surface area contributed by atoms with E-state index in [-0.39, 0.29) is 10.7 Å². The Morgan fingerprint density at radius 1 is 1.55 bits per heavy atom. The van der Waals surface area contributed by atoms with Crippen LogP contribution in [0.1, 0.15) is 31.9 Å². The van der Waals surface area contributed by atoms with Crippen LogP contribution in [-0.4, -0.2) is 28.4 Å². The van der Waals surface area contributed by atoms with Gasteiger partial charge in [-0.1, -0.05) is 6.92 Å². The molecule has 2 heterocycles. The van der Waals surface area contributed by atoms with E-state index >= 15 is 0 Å². The minimum Gasteiger partial charge on any atom is -0.381 e. The summed E-state index contributed by atoms with van der Waals surface area (Å²) in [4.78, 5) is 0.00120. The molecular formula is C11H18N6O2S. The van der Waals surface area contributed by atoms with E-state index in [0.717, 1.165) is 12.0 Å². The van der Waals surface area contributed by atoms with E-state index in [1.807, 2.05) is 6.92 Å². The number of aromatic nitrogens is 4. The summed E-state index contributed by atoms with van der Waals surface area (Å²) < 4.78 is 28.7. The van der Waals surface area contributed by atoms with Gasteiger partial charge in [-0.25, -0.2) is 13.1 Å². The number of rotatable bonds is 6. The third-order valence-corrected chi connectivity index (χ3v) is 4.41. The molecule has 0 fully saturated rings. The lowest BCUT2D eigenvalue weighted by molar-refractivity contribution is 0.566. The van der Waals surface area contributed by atoms with Crippen LogP contribution in [0.3, 0.4) is 0 Å². The standard InChI is InChI=1S/C11H18N6O2S/c1-3-4-17-7-10(11(12)15-17)20(18,19)16-8(2)9-5-13-14-6-9/h5-8,16H,3-4H2,1-2H3,(H2,12,15)(H,13,14). The van der Waals surface area contributed by atoms with E-state index in [1.54, 1.807) is 19.3 Å². The van der Waals surface area contributed by atoms with Gasteiger partial charge in [0.25, 0.3) is 0 Å². The number of H-pyrrole nitrogens is 1. The molecular weight excluding hydrogens is 280 g/mol. The predicted molar refractivity (Wildman–Crippen MR) is 74.3 cm³/mol. The number of nitrogens with one attached hydrogen (secondary N) is 2. The highest BCUT2D eigenvalue weighted by Crippen LogP contribution is 2.20. The van der Waals surface area contributed by atoms with Gasteiger partial charge in [-0.2, -0.15) is 10.2 Å². The van der Waals surface area contributed by atoms with Crippen LogP contribution in [0.5, 0.6) is 0 Å². The van der Waals surface area contributed by atoms with Crippen molar-refractivity contribution < 1.29 is 8.42 Å². The molecule has 0 radical (unpaired) electrons. The number of aromatic amines is 1. The van der Waals surface area contributed by atoms with Crippen LogP contribution in [-0.2, 0) is 16.6 Å². The second-order valence-electron chi connectivity index (χ2n) is 4.52. The Labute approximate surface area is 117 Å². The topological polar surface area (TPSA) is 119 Å². The molecule has 0 bridgehead atoms. The zero-order valence-electron chi connectivity index (χ0n) is 11.4. The molecule has 0 saturated heterocycles. The molecule has 0 amide bonds. The molecule has 0 aliphatic heterocycles. The normalized spacial score (nSPS) is 13.5. The van der Waals surface area contributed by atoms with Crippen LogP contribution >= 0.6 is 0 Å².